The Kier molecular flexibility index (Phi) is 2.31. The second-order valence-corrected chi connectivity index (χ2v) is 5.12. The van der Waals surface area contributed by atoms with E-state index in [1.165, 1.54) is 0 Å². The zero-order valence-electron chi connectivity index (χ0n) is 9.26. The lowest BCUT2D eigenvalue weighted by Crippen LogP contribution is -2.48. The Balaban J connectivity index is 1.96. The molecule has 0 unspecified atom stereocenters. The monoisotopic (exact) mass is 216 g/mol. The molecule has 3 aliphatic carbocycles. The van der Waals surface area contributed by atoms with Gasteiger partial charge < -0.3 is 0 Å². The number of carbonyl (C=O) groups excluding carboxylic acids is 2. The molecule has 4 atom stereocenters. The van der Waals surface area contributed by atoms with Gasteiger partial charge in [0.25, 0.3) is 0 Å². The quantitative estimate of drug-likeness (QED) is 0.582. The summed E-state index contributed by atoms with van der Waals surface area (Å²) in [6.07, 6.45) is 11.4. The molecule has 0 saturated heterocycles. The zero-order chi connectivity index (χ0) is 11.1. The number of fused-ring (bicyclic) bond motifs is 2. The first kappa shape index (κ1) is 10.0. The molecule has 3 aliphatic rings. The third-order valence-corrected chi connectivity index (χ3v) is 4.33. The summed E-state index contributed by atoms with van der Waals surface area (Å²) in [6, 6.07) is 0. The van der Waals surface area contributed by atoms with Gasteiger partial charge in [0.05, 0.1) is 0 Å². The fourth-order valence-electron chi connectivity index (χ4n) is 3.44. The van der Waals surface area contributed by atoms with Crippen molar-refractivity contribution >= 4 is 11.6 Å². The Morgan fingerprint density at radius 3 is 1.12 bits per heavy atom. The largest absolute Gasteiger partial charge is 0.299 e. The summed E-state index contributed by atoms with van der Waals surface area (Å²) in [5, 5.41) is 0. The van der Waals surface area contributed by atoms with Crippen LogP contribution in [-0.4, -0.2) is 11.6 Å². The molecule has 0 radical (unpaired) electrons. The molecule has 1 saturated carbocycles. The summed E-state index contributed by atoms with van der Waals surface area (Å²) in [6.45, 7) is 0. The standard InChI is InChI=1S/C14H16O2/c15-13-9-5-1-2-6-10(9)14(16)12-8-4-3-7-11(12)13/h1-4,9-12H,5-8H2/t9-,10+,11-,12+. The van der Waals surface area contributed by atoms with Crippen molar-refractivity contribution in [2.45, 2.75) is 25.7 Å². The first-order valence-corrected chi connectivity index (χ1v) is 6.16. The van der Waals surface area contributed by atoms with E-state index < -0.39 is 0 Å². The Morgan fingerprint density at radius 1 is 0.625 bits per heavy atom. The van der Waals surface area contributed by atoms with Crippen LogP contribution in [0.2, 0.25) is 0 Å². The molecular formula is C14H16O2. The highest BCUT2D eigenvalue weighted by atomic mass is 16.1. The number of carbonyl (C=O) groups is 2. The van der Waals surface area contributed by atoms with Crippen LogP contribution in [0.15, 0.2) is 24.3 Å². The SMILES string of the molecule is O=C1[C@H]2CC=CC[C@H]2C(=O)[C@@H]2CC=CC[C@H]12. The number of ketones is 2. The third-order valence-electron chi connectivity index (χ3n) is 4.33. The molecule has 0 bridgehead atoms. The van der Waals surface area contributed by atoms with Crippen molar-refractivity contribution in [2.24, 2.45) is 23.7 Å². The second kappa shape index (κ2) is 3.69. The maximum Gasteiger partial charge on any atom is 0.141 e. The molecule has 0 aromatic heterocycles. The fraction of sp³-hybridized carbons (Fsp3) is 0.571. The number of allylic oxidation sites excluding steroid dienone is 4. The summed E-state index contributed by atoms with van der Waals surface area (Å²) >= 11 is 0. The van der Waals surface area contributed by atoms with E-state index in [4.69, 9.17) is 0 Å². The minimum absolute atomic E-state index is 0.00903. The first-order valence-electron chi connectivity index (χ1n) is 6.16. The molecule has 0 N–H and O–H groups in total. The number of rotatable bonds is 0. The van der Waals surface area contributed by atoms with Crippen LogP contribution in [0.25, 0.3) is 0 Å². The van der Waals surface area contributed by atoms with Gasteiger partial charge in [-0.05, 0) is 25.7 Å². The first-order chi connectivity index (χ1) is 7.79. The zero-order valence-corrected chi connectivity index (χ0v) is 9.26. The molecule has 0 aliphatic heterocycles. The van der Waals surface area contributed by atoms with Gasteiger partial charge in [-0.25, -0.2) is 0 Å². The van der Waals surface area contributed by atoms with Crippen molar-refractivity contribution in [2.75, 3.05) is 0 Å². The highest BCUT2D eigenvalue weighted by Gasteiger charge is 2.48. The highest BCUT2D eigenvalue weighted by Crippen LogP contribution is 2.43. The molecule has 0 amide bonds. The average Bonchev–Trinajstić information content (AvgIpc) is 2.36. The van der Waals surface area contributed by atoms with Crippen molar-refractivity contribution in [3.05, 3.63) is 24.3 Å². The van der Waals surface area contributed by atoms with E-state index in [1.54, 1.807) is 0 Å². The van der Waals surface area contributed by atoms with Crippen molar-refractivity contribution in [1.82, 2.24) is 0 Å². The van der Waals surface area contributed by atoms with Gasteiger partial charge in [0.15, 0.2) is 0 Å². The molecule has 2 heteroatoms. The van der Waals surface area contributed by atoms with E-state index in [0.29, 0.717) is 11.6 Å². The van der Waals surface area contributed by atoms with Gasteiger partial charge in [-0.3, -0.25) is 9.59 Å². The van der Waals surface area contributed by atoms with Gasteiger partial charge in [0.1, 0.15) is 11.6 Å². The van der Waals surface area contributed by atoms with E-state index >= 15 is 0 Å². The minimum Gasteiger partial charge on any atom is -0.299 e. The topological polar surface area (TPSA) is 34.1 Å². The van der Waals surface area contributed by atoms with E-state index in [0.717, 1.165) is 25.7 Å². The van der Waals surface area contributed by atoms with Crippen LogP contribution in [0.5, 0.6) is 0 Å². The average molecular weight is 216 g/mol. The van der Waals surface area contributed by atoms with Gasteiger partial charge in [-0.15, -0.1) is 0 Å². The molecule has 0 aromatic carbocycles. The molecule has 0 aromatic rings. The predicted octanol–water partition coefficient (Wildman–Crippen LogP) is 2.30. The smallest absolute Gasteiger partial charge is 0.141 e. The Morgan fingerprint density at radius 2 is 0.875 bits per heavy atom. The normalized spacial score (nSPS) is 41.8. The van der Waals surface area contributed by atoms with Crippen LogP contribution >= 0.6 is 0 Å². The van der Waals surface area contributed by atoms with Gasteiger partial charge in [0, 0.05) is 23.7 Å². The number of Topliss-reactive ketones (excluding diaryl/α,β-unsaturated/α-hetero) is 2. The van der Waals surface area contributed by atoms with Gasteiger partial charge in [-0.2, -0.15) is 0 Å². The Labute approximate surface area is 95.4 Å². The lowest BCUT2D eigenvalue weighted by atomic mass is 9.60. The molecule has 0 heterocycles. The third kappa shape index (κ3) is 1.32. The minimum atomic E-state index is -0.00903. The lowest BCUT2D eigenvalue weighted by Gasteiger charge is -2.40. The van der Waals surface area contributed by atoms with Crippen LogP contribution < -0.4 is 0 Å². The van der Waals surface area contributed by atoms with E-state index in [9.17, 15) is 9.59 Å². The van der Waals surface area contributed by atoms with Crippen LogP contribution in [0.4, 0.5) is 0 Å². The van der Waals surface area contributed by atoms with Crippen molar-refractivity contribution in [1.29, 1.82) is 0 Å². The molecular weight excluding hydrogens is 200 g/mol. The van der Waals surface area contributed by atoms with Crippen molar-refractivity contribution < 1.29 is 9.59 Å². The summed E-state index contributed by atoms with van der Waals surface area (Å²) in [5.74, 6) is 0.664. The summed E-state index contributed by atoms with van der Waals surface area (Å²) in [7, 11) is 0. The van der Waals surface area contributed by atoms with E-state index in [2.05, 4.69) is 24.3 Å². The highest BCUT2D eigenvalue weighted by molar-refractivity contribution is 6.00. The van der Waals surface area contributed by atoms with Crippen molar-refractivity contribution in [3.8, 4) is 0 Å². The fourth-order valence-corrected chi connectivity index (χ4v) is 3.44. The summed E-state index contributed by atoms with van der Waals surface area (Å²) in [4.78, 5) is 24.6. The van der Waals surface area contributed by atoms with Gasteiger partial charge in [0.2, 0.25) is 0 Å². The molecule has 1 fully saturated rings. The second-order valence-electron chi connectivity index (χ2n) is 5.12. The number of hydrogen-bond acceptors (Lipinski definition) is 2. The van der Waals surface area contributed by atoms with Crippen LogP contribution in [0.1, 0.15) is 25.7 Å². The Hall–Kier alpha value is -1.18. The van der Waals surface area contributed by atoms with Gasteiger partial charge >= 0.3 is 0 Å². The predicted molar refractivity (Wildman–Crippen MR) is 60.7 cm³/mol. The van der Waals surface area contributed by atoms with Crippen molar-refractivity contribution in [3.63, 3.8) is 0 Å². The van der Waals surface area contributed by atoms with Crippen LogP contribution in [-0.2, 0) is 9.59 Å². The maximum absolute atomic E-state index is 12.3. The summed E-state index contributed by atoms with van der Waals surface area (Å²) < 4.78 is 0. The van der Waals surface area contributed by atoms with Crippen LogP contribution in [0.3, 0.4) is 0 Å². The molecule has 84 valence electrons. The lowest BCUT2D eigenvalue weighted by molar-refractivity contribution is -0.147. The Bertz CT molecular complexity index is 322. The van der Waals surface area contributed by atoms with Crippen LogP contribution in [0, 0.1) is 23.7 Å². The number of hydrogen-bond donors (Lipinski definition) is 0. The van der Waals surface area contributed by atoms with E-state index in [-0.39, 0.29) is 23.7 Å². The molecule has 2 nitrogen and oxygen atoms in total. The van der Waals surface area contributed by atoms with Gasteiger partial charge in [-0.1, -0.05) is 24.3 Å². The maximum atomic E-state index is 12.3. The molecule has 3 rings (SSSR count). The van der Waals surface area contributed by atoms with E-state index in [1.807, 2.05) is 0 Å². The summed E-state index contributed by atoms with van der Waals surface area (Å²) in [5.41, 5.74) is 0. The molecule has 0 spiro atoms. The molecule has 16 heavy (non-hydrogen) atoms.